The molecule has 0 aromatic rings. The first kappa shape index (κ1) is 114. The molecule has 0 aromatic heterocycles. The number of nitrogens with one attached hydrogen (secondary N) is 2. The zero-order valence-corrected chi connectivity index (χ0v) is 73.4. The molecule has 139 heavy (non-hydrogen) atoms. The summed E-state index contributed by atoms with van der Waals surface area (Å²) in [4.78, 5) is 25.5. The molecule has 38 N–H and O–H groups in total. The Bertz CT molecular complexity index is 3730. The van der Waals surface area contributed by atoms with Gasteiger partial charge in [-0.25, -0.2) is 0 Å². The molecule has 1 unspecified atom stereocenters. The zero-order chi connectivity index (χ0) is 102. The Balaban J connectivity index is 0.905. The zero-order valence-electron chi connectivity index (χ0n) is 73.4. The van der Waals surface area contributed by atoms with E-state index >= 15 is 0 Å². The summed E-state index contributed by atoms with van der Waals surface area (Å²) < 4.78 is 136. The van der Waals surface area contributed by atoms with Crippen LogP contribution in [-0.2, 0) is 119 Å². The van der Waals surface area contributed by atoms with E-state index in [1.807, 2.05) is 0 Å². The van der Waals surface area contributed by atoms with E-state index in [9.17, 15) is 193 Å². The molecule has 63 heteroatoms. The molecule has 12 saturated heterocycles. The summed E-state index contributed by atoms with van der Waals surface area (Å²) in [6.45, 7) is -12.4. The molecule has 0 saturated carbocycles. The van der Waals surface area contributed by atoms with E-state index < -0.39 is 459 Å². The molecule has 0 aromatic carbocycles. The predicted molar refractivity (Wildman–Crippen MR) is 418 cm³/mol. The van der Waals surface area contributed by atoms with Gasteiger partial charge in [0.05, 0.1) is 79.3 Å². The molecule has 2 amide bonds. The minimum Gasteiger partial charge on any atom is -0.394 e. The molecule has 12 heterocycles. The van der Waals surface area contributed by atoms with Crippen molar-refractivity contribution in [1.82, 2.24) is 10.6 Å². The van der Waals surface area contributed by atoms with Gasteiger partial charge in [0.15, 0.2) is 75.5 Å². The van der Waals surface area contributed by atoms with Crippen LogP contribution in [0.1, 0.15) is 13.8 Å². The monoisotopic (exact) mass is 2040 g/mol. The van der Waals surface area contributed by atoms with Crippen molar-refractivity contribution in [3.63, 3.8) is 0 Å². The Labute approximate surface area is 784 Å². The first-order chi connectivity index (χ1) is 65.9. The highest BCUT2D eigenvalue weighted by Crippen LogP contribution is 2.43. The quantitative estimate of drug-likeness (QED) is 0.0277. The van der Waals surface area contributed by atoms with Crippen LogP contribution in [0.3, 0.4) is 0 Å². The predicted octanol–water partition coefficient (Wildman–Crippen LogP) is -26.9. The van der Waals surface area contributed by atoms with Crippen LogP contribution in [-0.4, -0.2) is 643 Å². The van der Waals surface area contributed by atoms with E-state index in [4.69, 9.17) is 109 Å². The lowest BCUT2D eigenvalue weighted by molar-refractivity contribution is -0.411. The van der Waals surface area contributed by atoms with Crippen LogP contribution in [0.4, 0.5) is 0 Å². The number of rotatable bonds is 36. The van der Waals surface area contributed by atoms with Crippen LogP contribution in [0.15, 0.2) is 0 Å². The molecule has 63 nitrogen and oxygen atoms in total. The number of carbonyl (C=O) groups excluding carboxylic acids is 2. The van der Waals surface area contributed by atoms with E-state index in [1.165, 1.54) is 0 Å². The normalized spacial score (nSPS) is 51.9. The van der Waals surface area contributed by atoms with Crippen LogP contribution in [0, 0.1) is 0 Å². The second-order valence-corrected chi connectivity index (χ2v) is 35.2. The molecule has 0 bridgehead atoms. The summed E-state index contributed by atoms with van der Waals surface area (Å²) in [5, 5.41) is 408. The molecular formula is C76H128N2O61. The van der Waals surface area contributed by atoms with E-state index in [1.54, 1.807) is 0 Å². The van der Waals surface area contributed by atoms with Crippen LogP contribution >= 0.6 is 0 Å². The summed E-state index contributed by atoms with van der Waals surface area (Å²) in [6, 6.07) is -3.77. The maximum Gasteiger partial charge on any atom is 0.217 e. The van der Waals surface area contributed by atoms with Gasteiger partial charge >= 0.3 is 0 Å². The van der Waals surface area contributed by atoms with Gasteiger partial charge in [0.1, 0.15) is 293 Å². The Morgan fingerprint density at radius 3 is 0.734 bits per heavy atom. The van der Waals surface area contributed by atoms with Gasteiger partial charge < -0.3 is 303 Å². The van der Waals surface area contributed by atoms with Crippen molar-refractivity contribution in [3.05, 3.63) is 0 Å². The molecular weight excluding hydrogens is 1920 g/mol. The lowest BCUT2D eigenvalue weighted by Gasteiger charge is -2.51. The fourth-order valence-corrected chi connectivity index (χ4v) is 17.9. The van der Waals surface area contributed by atoms with Crippen LogP contribution in [0.2, 0.25) is 0 Å². The lowest BCUT2D eigenvalue weighted by Crippen LogP contribution is -2.70. The average Bonchev–Trinajstić information content (AvgIpc) is 0.764. The number of hydrogen-bond donors (Lipinski definition) is 38. The van der Waals surface area contributed by atoms with Crippen LogP contribution < -0.4 is 10.6 Å². The van der Waals surface area contributed by atoms with Crippen LogP contribution in [0.5, 0.6) is 0 Å². The van der Waals surface area contributed by atoms with Gasteiger partial charge in [-0.2, -0.15) is 0 Å². The standard InChI is InChI=1S/C76H128N2O61/c1-15(89)77-29-41(101)56(25(11-87)119-65(29)116)131-66-30(78-16(2)90)42(102)57(26(12-88)128-66)132-72-55(115)60(135-75-64(49(109)37(97)22(8-84)126-75)139-76-63(48(108)36(96)23(9-85)127-76)138-71-54(114)58(38(98)24(10-86)123-71)133-68-50(110)43(103)31(91)17(3-79)120-68)40(100)28(130-72)13-117-67-53(113)59(134-74-62(47(107)35(95)21(7-83)125-74)137-70-52(112)45(105)33(93)19(5-81)122-70)39(99)27(129-67)14-118-73-61(46(106)34(94)20(6-82)124-73)136-69-51(111)44(104)32(92)18(4-80)121-69/h17-76,79-88,91-116H,3-14H2,1-2H3,(H,77,89)(H,78,90)/t17-,18-,19-,20-,21-,22-,23-,24-,25-,26-,27-,28-,29-,30-,31+,32-,33-,34-,35-,36-,37-,38-,39-,40-,41-,42-,43+,44+,45+,46+,47+,48+,49+,50-,51+,52+,53+,54+,55+,56-,57-,58+,59+,60+,61+,62+,63+,64+,65+,66+,67+,68?,69-,70-,71-,72+,73+,74-,75-,76-/m1/s1. The molecule has 12 aliphatic heterocycles. The van der Waals surface area contributed by atoms with Crippen molar-refractivity contribution < 1.29 is 302 Å². The van der Waals surface area contributed by atoms with Gasteiger partial charge in [-0.3, -0.25) is 9.59 Å². The SMILES string of the molecule is CC(=O)N[C@@H]1[C@@H](O)[C@H](O[C@@H]2O[C@H](CO)[C@@H](O[C@@H]3O[C@H](CO[C@H]4O[C@H](CO[C@H]5O[C@H](CO)[C@@H](O)[C@H](O)[C@@H]5O[C@H]5O[C@H](CO)[C@@H](O)[C@H](O)[C@@H]5O)[C@@H](O)[C@H](O[C@H]5O[C@H](CO)[C@@H](O)[C@H](O)[C@@H]5O[C@H]5O[C@H](CO)[C@@H](O)[C@H](O)[C@@H]5O)[C@@H]4O)[C@@H](O)[C@H](O[C@H]4O[C@H](CO)[C@@H](O)[C@H](O)[C@@H]4O[C@H]4O[C@H](CO)[C@@H](O)[C@H](O)[C@@H]4O[C@H]4O[C@H](CO)[C@@H](O)[C@H](OC5O[C@H](CO)[C@H](O)[C@H](O)[C@H]5O)[C@@H]4O)[C@@H]3O)[C@H](O)[C@H]2NC(C)=O)[C@@H](CO)O[C@@H]1O. The number of ether oxygens (including phenoxy) is 23. The highest BCUT2D eigenvalue weighted by Gasteiger charge is 2.63. The number of hydrogen-bond acceptors (Lipinski definition) is 61. The van der Waals surface area contributed by atoms with Gasteiger partial charge in [0.25, 0.3) is 0 Å². The minimum atomic E-state index is -2.75. The molecule has 12 fully saturated rings. The molecule has 0 spiro atoms. The van der Waals surface area contributed by atoms with Gasteiger partial charge in [-0.15, -0.1) is 0 Å². The molecule has 12 aliphatic rings. The number of aliphatic hydroxyl groups excluding tert-OH is 36. The smallest absolute Gasteiger partial charge is 0.217 e. The first-order valence-electron chi connectivity index (χ1n) is 44.2. The van der Waals surface area contributed by atoms with Crippen LogP contribution in [0.25, 0.3) is 0 Å². The second kappa shape index (κ2) is 49.8. The van der Waals surface area contributed by atoms with Gasteiger partial charge in [0, 0.05) is 13.8 Å². The molecule has 60 atom stereocenters. The third kappa shape index (κ3) is 24.5. The van der Waals surface area contributed by atoms with Gasteiger partial charge in [-0.05, 0) is 0 Å². The molecule has 12 rings (SSSR count). The Morgan fingerprint density at radius 1 is 0.187 bits per heavy atom. The average molecular weight is 2050 g/mol. The van der Waals surface area contributed by atoms with Gasteiger partial charge in [0.2, 0.25) is 11.8 Å². The van der Waals surface area contributed by atoms with E-state index in [0.29, 0.717) is 0 Å². The number of aliphatic hydroxyl groups is 36. The fourth-order valence-electron chi connectivity index (χ4n) is 17.9. The van der Waals surface area contributed by atoms with Crippen molar-refractivity contribution in [2.45, 2.75) is 382 Å². The molecule has 0 aliphatic carbocycles. The van der Waals surface area contributed by atoms with E-state index in [2.05, 4.69) is 10.6 Å². The lowest BCUT2D eigenvalue weighted by atomic mass is 9.94. The van der Waals surface area contributed by atoms with Crippen molar-refractivity contribution in [1.29, 1.82) is 0 Å². The Kier molecular flexibility index (Phi) is 41.0. The number of amides is 2. The summed E-state index contributed by atoms with van der Waals surface area (Å²) in [7, 11) is 0. The molecule has 808 valence electrons. The highest BCUT2D eigenvalue weighted by atomic mass is 16.8. The van der Waals surface area contributed by atoms with E-state index in [0.717, 1.165) is 13.8 Å². The minimum absolute atomic E-state index is 0.840. The third-order valence-electron chi connectivity index (χ3n) is 25.9. The van der Waals surface area contributed by atoms with Crippen molar-refractivity contribution in [2.75, 3.05) is 79.3 Å². The van der Waals surface area contributed by atoms with E-state index in [-0.39, 0.29) is 0 Å². The maximum atomic E-state index is 13.2. The second-order valence-electron chi connectivity index (χ2n) is 35.2. The Morgan fingerprint density at radius 2 is 0.396 bits per heavy atom. The van der Waals surface area contributed by atoms with Crippen molar-refractivity contribution >= 4 is 11.8 Å². The summed E-state index contributed by atoms with van der Waals surface area (Å²) in [5.74, 6) is -1.86. The maximum absolute atomic E-state index is 13.2. The molecule has 0 radical (unpaired) electrons. The topological polar surface area (TPSA) is 999 Å². The van der Waals surface area contributed by atoms with Crippen molar-refractivity contribution in [3.8, 4) is 0 Å². The largest absolute Gasteiger partial charge is 0.394 e. The summed E-state index contributed by atoms with van der Waals surface area (Å²) >= 11 is 0. The van der Waals surface area contributed by atoms with Crippen molar-refractivity contribution in [2.24, 2.45) is 0 Å². The van der Waals surface area contributed by atoms with Gasteiger partial charge in [-0.1, -0.05) is 0 Å². The fraction of sp³-hybridized carbons (Fsp3) is 0.974. The summed E-state index contributed by atoms with van der Waals surface area (Å²) in [5.41, 5.74) is 0. The number of carbonyl (C=O) groups is 2. The summed E-state index contributed by atoms with van der Waals surface area (Å²) in [6.07, 6.45) is -130. The highest BCUT2D eigenvalue weighted by molar-refractivity contribution is 5.73. The Hall–Kier alpha value is -3.42. The third-order valence-corrected chi connectivity index (χ3v) is 25.9. The first-order valence-corrected chi connectivity index (χ1v) is 44.2.